The Balaban J connectivity index is 1.23. The topological polar surface area (TPSA) is 108 Å². The highest BCUT2D eigenvalue weighted by molar-refractivity contribution is 6.32. The van der Waals surface area contributed by atoms with Gasteiger partial charge in [-0.15, -0.1) is 0 Å². The van der Waals surface area contributed by atoms with Gasteiger partial charge in [-0.3, -0.25) is 14.6 Å². The molecule has 8 nitrogen and oxygen atoms in total. The van der Waals surface area contributed by atoms with Crippen LogP contribution in [0.15, 0.2) is 62.7 Å². The van der Waals surface area contributed by atoms with Gasteiger partial charge in [0.1, 0.15) is 5.56 Å². The Hall–Kier alpha value is -4.20. The zero-order valence-electron chi connectivity index (χ0n) is 23.6. The molecule has 4 fully saturated rings. The number of anilines is 1. The number of hydrogen-bond donors (Lipinski definition) is 2. The van der Waals surface area contributed by atoms with E-state index in [1.807, 2.05) is 44.2 Å². The van der Waals surface area contributed by atoms with Gasteiger partial charge in [0.25, 0.3) is 11.5 Å². The molecule has 2 N–H and O–H groups in total. The molecule has 41 heavy (non-hydrogen) atoms. The molecule has 0 saturated heterocycles. The molecule has 0 spiro atoms. The minimum atomic E-state index is -0.771. The number of aromatic hydroxyl groups is 1. The third-order valence-electron chi connectivity index (χ3n) is 9.83. The van der Waals surface area contributed by atoms with Crippen molar-refractivity contribution >= 4 is 23.4 Å². The van der Waals surface area contributed by atoms with E-state index >= 15 is 0 Å². The molecule has 2 aromatic carbocycles. The van der Waals surface area contributed by atoms with E-state index < -0.39 is 23.0 Å². The smallest absolute Gasteiger partial charge is 0.335 e. The lowest BCUT2D eigenvalue weighted by atomic mass is 9.48. The van der Waals surface area contributed by atoms with Crippen molar-refractivity contribution in [3.63, 3.8) is 0 Å². The van der Waals surface area contributed by atoms with E-state index in [-0.39, 0.29) is 16.6 Å². The summed E-state index contributed by atoms with van der Waals surface area (Å²) in [5.74, 6) is 1.53. The predicted octanol–water partition coefficient (Wildman–Crippen LogP) is 5.12. The zero-order valence-corrected chi connectivity index (χ0v) is 23.6. The second kappa shape index (κ2) is 9.16. The fourth-order valence-electron chi connectivity index (χ4n) is 8.37. The number of aryl methyl sites for hydroxylation is 2. The first-order valence-corrected chi connectivity index (χ1v) is 14.5. The van der Waals surface area contributed by atoms with E-state index in [1.54, 1.807) is 6.92 Å². The average Bonchev–Trinajstić information content (AvgIpc) is 3.18. The van der Waals surface area contributed by atoms with Crippen molar-refractivity contribution in [2.45, 2.75) is 64.7 Å². The van der Waals surface area contributed by atoms with Crippen LogP contribution in [0, 0.1) is 31.6 Å². The van der Waals surface area contributed by atoms with Crippen molar-refractivity contribution in [2.75, 3.05) is 5.01 Å². The van der Waals surface area contributed by atoms with Gasteiger partial charge in [-0.1, -0.05) is 29.8 Å². The Labute approximate surface area is 238 Å². The van der Waals surface area contributed by atoms with Crippen LogP contribution >= 0.6 is 0 Å². The lowest BCUT2D eigenvalue weighted by Crippen LogP contribution is -2.48. The zero-order chi connectivity index (χ0) is 28.6. The van der Waals surface area contributed by atoms with Gasteiger partial charge in [-0.05, 0) is 118 Å². The number of aromatic amines is 1. The Kier molecular flexibility index (Phi) is 5.75. The normalized spacial score (nSPS) is 27.6. The van der Waals surface area contributed by atoms with Crippen LogP contribution in [0.5, 0.6) is 5.88 Å². The highest BCUT2D eigenvalue weighted by Crippen LogP contribution is 2.60. The van der Waals surface area contributed by atoms with E-state index in [0.717, 1.165) is 33.4 Å². The van der Waals surface area contributed by atoms with Crippen molar-refractivity contribution in [1.29, 1.82) is 0 Å². The Morgan fingerprint density at radius 2 is 1.56 bits per heavy atom. The van der Waals surface area contributed by atoms with E-state index in [2.05, 4.69) is 22.2 Å². The van der Waals surface area contributed by atoms with Gasteiger partial charge >= 0.3 is 5.69 Å². The number of hydrogen-bond acceptors (Lipinski definition) is 5. The van der Waals surface area contributed by atoms with Crippen LogP contribution in [0.2, 0.25) is 0 Å². The van der Waals surface area contributed by atoms with E-state index in [4.69, 9.17) is 0 Å². The monoisotopic (exact) mass is 550 g/mol. The summed E-state index contributed by atoms with van der Waals surface area (Å²) in [5, 5.41) is 17.0. The first kappa shape index (κ1) is 25.7. The number of carbonyl (C=O) groups is 1. The number of H-pyrrole nitrogens is 1. The molecule has 5 aliphatic rings. The van der Waals surface area contributed by atoms with Crippen molar-refractivity contribution < 1.29 is 9.90 Å². The molecule has 210 valence electrons. The molecule has 4 aliphatic carbocycles. The first-order valence-electron chi connectivity index (χ1n) is 14.5. The summed E-state index contributed by atoms with van der Waals surface area (Å²) in [5.41, 5.74) is 3.47. The molecule has 0 radical (unpaired) electrons. The maximum absolute atomic E-state index is 13.4. The summed E-state index contributed by atoms with van der Waals surface area (Å²) in [4.78, 5) is 41.5. The third-order valence-corrected chi connectivity index (χ3v) is 9.83. The van der Waals surface area contributed by atoms with Crippen LogP contribution in [0.1, 0.15) is 67.7 Å². The summed E-state index contributed by atoms with van der Waals surface area (Å²) in [7, 11) is 0. The minimum Gasteiger partial charge on any atom is -0.494 e. The molecule has 1 amide bonds. The highest BCUT2D eigenvalue weighted by Gasteiger charge is 2.51. The van der Waals surface area contributed by atoms with Gasteiger partial charge in [0.05, 0.1) is 22.7 Å². The SMILES string of the molecule is CC1=NN(c2ccc(C)cc2C)C(=O)C1=Cc1c(O)n(-c2ccc(C34CC5CC(CC(C5)C3)C4)cc2)c(=O)[nH]c1=O. The number of rotatable bonds is 4. The number of nitrogens with one attached hydrogen (secondary N) is 1. The van der Waals surface area contributed by atoms with Crippen molar-refractivity contribution in [2.24, 2.45) is 22.9 Å². The van der Waals surface area contributed by atoms with E-state index in [0.29, 0.717) is 17.1 Å². The fraction of sp³-hybridized carbons (Fsp3) is 0.394. The molecule has 8 rings (SSSR count). The first-order chi connectivity index (χ1) is 19.6. The quantitative estimate of drug-likeness (QED) is 0.440. The molecule has 0 atom stereocenters. The number of carbonyl (C=O) groups excluding carboxylic acids is 1. The van der Waals surface area contributed by atoms with Gasteiger partial charge in [0, 0.05) is 0 Å². The number of amides is 1. The average molecular weight is 551 g/mol. The van der Waals surface area contributed by atoms with Crippen molar-refractivity contribution in [3.8, 4) is 11.6 Å². The van der Waals surface area contributed by atoms with Gasteiger partial charge < -0.3 is 5.11 Å². The van der Waals surface area contributed by atoms with Crippen LogP contribution in [0.4, 0.5) is 5.69 Å². The second-order valence-corrected chi connectivity index (χ2v) is 12.7. The summed E-state index contributed by atoms with van der Waals surface area (Å²) in [6, 6.07) is 13.6. The van der Waals surface area contributed by atoms with E-state index in [9.17, 15) is 19.5 Å². The van der Waals surface area contributed by atoms with Gasteiger partial charge in [0.15, 0.2) is 0 Å². The Bertz CT molecular complexity index is 1740. The summed E-state index contributed by atoms with van der Waals surface area (Å²) in [6.07, 6.45) is 9.11. The predicted molar refractivity (Wildman–Crippen MR) is 159 cm³/mol. The summed E-state index contributed by atoms with van der Waals surface area (Å²) < 4.78 is 1.09. The maximum Gasteiger partial charge on any atom is 0.335 e. The Morgan fingerprint density at radius 1 is 0.927 bits per heavy atom. The van der Waals surface area contributed by atoms with E-state index in [1.165, 1.54) is 55.2 Å². The minimum absolute atomic E-state index is 0.171. The van der Waals surface area contributed by atoms with Crippen LogP contribution in [-0.2, 0) is 10.2 Å². The fourth-order valence-corrected chi connectivity index (χ4v) is 8.37. The number of benzene rings is 2. The lowest BCUT2D eigenvalue weighted by Gasteiger charge is -2.57. The number of aromatic nitrogens is 2. The van der Waals surface area contributed by atoms with Crippen LogP contribution in [0.25, 0.3) is 11.8 Å². The van der Waals surface area contributed by atoms with Crippen molar-refractivity contribution in [3.05, 3.63) is 91.1 Å². The van der Waals surface area contributed by atoms with Crippen LogP contribution in [0.3, 0.4) is 0 Å². The number of nitrogens with zero attached hydrogens (tertiary/aromatic N) is 3. The van der Waals surface area contributed by atoms with Gasteiger partial charge in [-0.2, -0.15) is 10.1 Å². The molecule has 0 unspecified atom stereocenters. The molecule has 4 saturated carbocycles. The summed E-state index contributed by atoms with van der Waals surface area (Å²) in [6.45, 7) is 5.56. The number of hydrazone groups is 1. The molecule has 8 heteroatoms. The molecule has 1 aliphatic heterocycles. The standard InChI is InChI=1S/C33H34N4O4/c1-18-4-9-28(19(2)10-18)37-31(40)26(20(3)35-37)14-27-29(38)34-32(41)36(30(27)39)25-7-5-24(6-8-25)33-15-21-11-22(16-33)13-23(12-21)17-33/h4-10,14,21-23,39H,11-13,15-17H2,1-3H3,(H,34,38,41). The third kappa shape index (κ3) is 4.11. The van der Waals surface area contributed by atoms with Crippen LogP contribution < -0.4 is 16.3 Å². The maximum atomic E-state index is 13.4. The molecule has 4 bridgehead atoms. The highest BCUT2D eigenvalue weighted by atomic mass is 16.3. The molecular weight excluding hydrogens is 516 g/mol. The second-order valence-electron chi connectivity index (χ2n) is 12.7. The summed E-state index contributed by atoms with van der Waals surface area (Å²) >= 11 is 0. The van der Waals surface area contributed by atoms with Gasteiger partial charge in [-0.25, -0.2) is 9.36 Å². The lowest BCUT2D eigenvalue weighted by molar-refractivity contribution is -0.114. The molecule has 1 aromatic heterocycles. The molecular formula is C33H34N4O4. The van der Waals surface area contributed by atoms with Gasteiger partial charge in [0.2, 0.25) is 5.88 Å². The van der Waals surface area contributed by atoms with Crippen molar-refractivity contribution in [1.82, 2.24) is 9.55 Å². The largest absolute Gasteiger partial charge is 0.494 e. The molecule has 3 aromatic rings. The van der Waals surface area contributed by atoms with Crippen LogP contribution in [-0.4, -0.2) is 26.3 Å². The molecule has 2 heterocycles. The Morgan fingerprint density at radius 3 is 2.17 bits per heavy atom.